The van der Waals surface area contributed by atoms with Gasteiger partial charge in [-0.2, -0.15) is 0 Å². The van der Waals surface area contributed by atoms with E-state index in [0.29, 0.717) is 5.75 Å². The van der Waals surface area contributed by atoms with Crippen molar-refractivity contribution in [2.75, 3.05) is 20.1 Å². The summed E-state index contributed by atoms with van der Waals surface area (Å²) in [6, 6.07) is 12.1. The number of nitrogens with zero attached hydrogens (tertiary/aromatic N) is 1. The maximum atomic E-state index is 13.3. The van der Waals surface area contributed by atoms with E-state index in [-0.39, 0.29) is 5.82 Å². The number of H-pyrrole nitrogens is 1. The van der Waals surface area contributed by atoms with Crippen LogP contribution in [0.5, 0.6) is 5.75 Å². The minimum atomic E-state index is -0.231. The Bertz CT molecular complexity index is 902. The summed E-state index contributed by atoms with van der Waals surface area (Å²) < 4.78 is 13.3. The SMILES string of the molecule is CN=C(NCCCc1ccc(O)cc1)NCCc1c[nH]c2cc(F)ccc12. The van der Waals surface area contributed by atoms with Gasteiger partial charge in [-0.3, -0.25) is 4.99 Å². The molecule has 1 heterocycles. The fourth-order valence-electron chi connectivity index (χ4n) is 3.06. The summed E-state index contributed by atoms with van der Waals surface area (Å²) >= 11 is 0. The van der Waals surface area contributed by atoms with E-state index < -0.39 is 0 Å². The van der Waals surface area contributed by atoms with Crippen molar-refractivity contribution in [3.8, 4) is 5.75 Å². The largest absolute Gasteiger partial charge is 0.508 e. The quantitative estimate of drug-likeness (QED) is 0.294. The van der Waals surface area contributed by atoms with Crippen molar-refractivity contribution in [3.63, 3.8) is 0 Å². The zero-order valence-corrected chi connectivity index (χ0v) is 15.4. The van der Waals surface area contributed by atoms with E-state index in [4.69, 9.17) is 0 Å². The zero-order valence-electron chi connectivity index (χ0n) is 15.4. The van der Waals surface area contributed by atoms with Gasteiger partial charge in [0, 0.05) is 37.2 Å². The van der Waals surface area contributed by atoms with E-state index >= 15 is 0 Å². The number of rotatable bonds is 7. The molecule has 0 aliphatic heterocycles. The first-order valence-corrected chi connectivity index (χ1v) is 9.13. The number of nitrogens with one attached hydrogen (secondary N) is 3. The molecule has 3 rings (SSSR count). The van der Waals surface area contributed by atoms with Crippen LogP contribution < -0.4 is 10.6 Å². The molecular weight excluding hydrogens is 343 g/mol. The van der Waals surface area contributed by atoms with Crippen LogP contribution in [0.4, 0.5) is 4.39 Å². The van der Waals surface area contributed by atoms with Crippen molar-refractivity contribution in [2.24, 2.45) is 4.99 Å². The second-order valence-corrected chi connectivity index (χ2v) is 6.45. The molecule has 0 aliphatic carbocycles. The number of aromatic hydroxyl groups is 1. The lowest BCUT2D eigenvalue weighted by Crippen LogP contribution is -2.38. The molecule has 0 saturated heterocycles. The lowest BCUT2D eigenvalue weighted by Gasteiger charge is -2.11. The minimum Gasteiger partial charge on any atom is -0.508 e. The van der Waals surface area contributed by atoms with Gasteiger partial charge in [0.25, 0.3) is 0 Å². The number of phenolic OH excluding ortho intramolecular Hbond substituents is 1. The van der Waals surface area contributed by atoms with Gasteiger partial charge in [0.15, 0.2) is 5.96 Å². The number of aliphatic imine (C=N–C) groups is 1. The third-order valence-electron chi connectivity index (χ3n) is 4.51. The Morgan fingerprint density at radius 3 is 2.63 bits per heavy atom. The smallest absolute Gasteiger partial charge is 0.190 e. The molecule has 1 aromatic heterocycles. The van der Waals surface area contributed by atoms with Crippen molar-refractivity contribution in [2.45, 2.75) is 19.3 Å². The number of aryl methyl sites for hydroxylation is 1. The third kappa shape index (κ3) is 5.23. The number of halogens is 1. The molecule has 142 valence electrons. The highest BCUT2D eigenvalue weighted by molar-refractivity contribution is 5.83. The Morgan fingerprint density at radius 2 is 1.85 bits per heavy atom. The summed E-state index contributed by atoms with van der Waals surface area (Å²) in [5.74, 6) is 0.833. The summed E-state index contributed by atoms with van der Waals surface area (Å²) in [5.41, 5.74) is 3.18. The molecular formula is C21H25FN4O. The molecule has 27 heavy (non-hydrogen) atoms. The van der Waals surface area contributed by atoms with Gasteiger partial charge in [-0.15, -0.1) is 0 Å². The Hall–Kier alpha value is -3.02. The summed E-state index contributed by atoms with van der Waals surface area (Å²) in [6.07, 6.45) is 4.66. The van der Waals surface area contributed by atoms with Crippen LogP contribution in [0.25, 0.3) is 10.9 Å². The molecule has 0 amide bonds. The Balaban J connectivity index is 1.40. The number of guanidine groups is 1. The Morgan fingerprint density at radius 1 is 1.07 bits per heavy atom. The average molecular weight is 368 g/mol. The molecule has 0 bridgehead atoms. The Labute approximate surface area is 158 Å². The highest BCUT2D eigenvalue weighted by Gasteiger charge is 2.05. The molecule has 0 radical (unpaired) electrons. The number of aromatic amines is 1. The van der Waals surface area contributed by atoms with Crippen molar-refractivity contribution >= 4 is 16.9 Å². The highest BCUT2D eigenvalue weighted by atomic mass is 19.1. The molecule has 0 atom stereocenters. The van der Waals surface area contributed by atoms with Crippen LogP contribution in [0.1, 0.15) is 17.5 Å². The van der Waals surface area contributed by atoms with Crippen LogP contribution in [0.2, 0.25) is 0 Å². The second kappa shape index (κ2) is 9.07. The van der Waals surface area contributed by atoms with Crippen LogP contribution in [-0.2, 0) is 12.8 Å². The first-order valence-electron chi connectivity index (χ1n) is 9.13. The number of fused-ring (bicyclic) bond motifs is 1. The van der Waals surface area contributed by atoms with Gasteiger partial charge in [0.1, 0.15) is 11.6 Å². The first-order chi connectivity index (χ1) is 13.2. The predicted octanol–water partition coefficient (Wildman–Crippen LogP) is 3.35. The van der Waals surface area contributed by atoms with E-state index in [9.17, 15) is 9.50 Å². The van der Waals surface area contributed by atoms with Gasteiger partial charge in [-0.1, -0.05) is 12.1 Å². The van der Waals surface area contributed by atoms with E-state index in [0.717, 1.165) is 54.8 Å². The van der Waals surface area contributed by atoms with Gasteiger partial charge >= 0.3 is 0 Å². The van der Waals surface area contributed by atoms with Gasteiger partial charge in [-0.05, 0) is 60.7 Å². The standard InChI is InChI=1S/C21H25FN4O/c1-23-21(24-11-2-3-15-4-7-18(27)8-5-15)25-12-10-16-14-26-20-13-17(22)6-9-19(16)20/h4-9,13-14,26-27H,2-3,10-12H2,1H3,(H2,23,24,25). The summed E-state index contributed by atoms with van der Waals surface area (Å²) in [6.45, 7) is 1.55. The molecule has 6 heteroatoms. The van der Waals surface area contributed by atoms with Crippen LogP contribution in [0.15, 0.2) is 53.7 Å². The van der Waals surface area contributed by atoms with Crippen molar-refractivity contribution in [3.05, 3.63) is 65.6 Å². The summed E-state index contributed by atoms with van der Waals surface area (Å²) in [4.78, 5) is 7.35. The summed E-state index contributed by atoms with van der Waals surface area (Å²) in [5, 5.41) is 17.0. The van der Waals surface area contributed by atoms with E-state index in [1.165, 1.54) is 17.7 Å². The van der Waals surface area contributed by atoms with Crippen LogP contribution >= 0.6 is 0 Å². The van der Waals surface area contributed by atoms with E-state index in [1.807, 2.05) is 24.4 Å². The second-order valence-electron chi connectivity index (χ2n) is 6.45. The van der Waals surface area contributed by atoms with E-state index in [1.54, 1.807) is 19.2 Å². The summed E-state index contributed by atoms with van der Waals surface area (Å²) in [7, 11) is 1.75. The van der Waals surface area contributed by atoms with Gasteiger partial charge in [0.05, 0.1) is 0 Å². The lowest BCUT2D eigenvalue weighted by atomic mass is 10.1. The molecule has 2 aromatic carbocycles. The topological polar surface area (TPSA) is 72.4 Å². The van der Waals surface area contributed by atoms with Gasteiger partial charge in [-0.25, -0.2) is 4.39 Å². The fourth-order valence-corrected chi connectivity index (χ4v) is 3.06. The number of aromatic nitrogens is 1. The molecule has 4 N–H and O–H groups in total. The normalized spacial score (nSPS) is 11.7. The molecule has 0 saturated carbocycles. The highest BCUT2D eigenvalue weighted by Crippen LogP contribution is 2.19. The molecule has 0 fully saturated rings. The van der Waals surface area contributed by atoms with Crippen LogP contribution in [0, 0.1) is 5.82 Å². The molecule has 0 spiro atoms. The number of phenols is 1. The lowest BCUT2D eigenvalue weighted by molar-refractivity contribution is 0.475. The first kappa shape index (κ1) is 18.8. The number of benzene rings is 2. The fraction of sp³-hybridized carbons (Fsp3) is 0.286. The van der Waals surface area contributed by atoms with Crippen molar-refractivity contribution < 1.29 is 9.50 Å². The number of hydrogen-bond donors (Lipinski definition) is 4. The van der Waals surface area contributed by atoms with Crippen LogP contribution in [-0.4, -0.2) is 36.2 Å². The maximum absolute atomic E-state index is 13.3. The van der Waals surface area contributed by atoms with Crippen molar-refractivity contribution in [1.82, 2.24) is 15.6 Å². The average Bonchev–Trinajstić information content (AvgIpc) is 3.07. The number of hydrogen-bond acceptors (Lipinski definition) is 2. The van der Waals surface area contributed by atoms with Crippen molar-refractivity contribution in [1.29, 1.82) is 0 Å². The molecule has 5 nitrogen and oxygen atoms in total. The maximum Gasteiger partial charge on any atom is 0.190 e. The Kier molecular flexibility index (Phi) is 6.30. The van der Waals surface area contributed by atoms with E-state index in [2.05, 4.69) is 20.6 Å². The molecule has 3 aromatic rings. The molecule has 0 aliphatic rings. The zero-order chi connectivity index (χ0) is 19.1. The minimum absolute atomic E-state index is 0.231. The monoisotopic (exact) mass is 368 g/mol. The van der Waals surface area contributed by atoms with Gasteiger partial charge < -0.3 is 20.7 Å². The van der Waals surface area contributed by atoms with Crippen LogP contribution in [0.3, 0.4) is 0 Å². The third-order valence-corrected chi connectivity index (χ3v) is 4.51. The predicted molar refractivity (Wildman–Crippen MR) is 108 cm³/mol. The molecule has 0 unspecified atom stereocenters. The van der Waals surface area contributed by atoms with Gasteiger partial charge in [0.2, 0.25) is 0 Å².